The Bertz CT molecular complexity index is 646. The third kappa shape index (κ3) is 3.53. The van der Waals surface area contributed by atoms with E-state index in [2.05, 4.69) is 0 Å². The number of fused-ring (bicyclic) bond motifs is 1. The summed E-state index contributed by atoms with van der Waals surface area (Å²) in [4.78, 5) is 0. The van der Waals surface area contributed by atoms with E-state index in [4.69, 9.17) is 0 Å². The van der Waals surface area contributed by atoms with Crippen molar-refractivity contribution >= 4 is 94.1 Å². The first-order chi connectivity index (χ1) is 12.2. The van der Waals surface area contributed by atoms with E-state index in [1.807, 2.05) is 94.1 Å². The fraction of sp³-hybridized carbons (Fsp3) is 0.600. The Morgan fingerprint density at radius 3 is 1.56 bits per heavy atom. The minimum atomic E-state index is -0.264. The molecule has 5 rings (SSSR count). The van der Waals surface area contributed by atoms with Gasteiger partial charge < -0.3 is 10.2 Å². The topological polar surface area (TPSA) is 40.5 Å². The average Bonchev–Trinajstić information content (AvgIpc) is 3.32. The smallest absolute Gasteiger partial charge is 0.0717 e. The molecule has 0 amide bonds. The Kier molecular flexibility index (Phi) is 5.79. The Morgan fingerprint density at radius 2 is 1.12 bits per heavy atom. The fourth-order valence-electron chi connectivity index (χ4n) is 3.32. The van der Waals surface area contributed by atoms with Crippen LogP contribution in [0.3, 0.4) is 0 Å². The van der Waals surface area contributed by atoms with Gasteiger partial charge in [0.05, 0.1) is 38.6 Å². The summed E-state index contributed by atoms with van der Waals surface area (Å²) < 4.78 is 8.88. The van der Waals surface area contributed by atoms with Crippen LogP contribution < -0.4 is 0 Å². The minimum Gasteiger partial charge on any atom is -0.396 e. The van der Waals surface area contributed by atoms with Crippen molar-refractivity contribution in [2.75, 3.05) is 24.7 Å². The van der Waals surface area contributed by atoms with Crippen molar-refractivity contribution in [2.24, 2.45) is 5.41 Å². The van der Waals surface area contributed by atoms with Crippen molar-refractivity contribution in [1.29, 1.82) is 0 Å². The SMILES string of the molecule is OCC1(CO)C[C@@H]2SC3=C(SC(=C4SC5=C(SCCS5)S4)S3)S[C@@H]2C1. The molecule has 4 heterocycles. The third-order valence-electron chi connectivity index (χ3n) is 4.66. The lowest BCUT2D eigenvalue weighted by Crippen LogP contribution is -2.27. The highest BCUT2D eigenvalue weighted by molar-refractivity contribution is 8.45. The molecular weight excluding hydrogens is 469 g/mol. The van der Waals surface area contributed by atoms with E-state index in [1.54, 1.807) is 0 Å². The van der Waals surface area contributed by atoms with E-state index < -0.39 is 0 Å². The molecule has 136 valence electrons. The molecule has 10 heteroatoms. The quantitative estimate of drug-likeness (QED) is 0.503. The minimum absolute atomic E-state index is 0.109. The van der Waals surface area contributed by atoms with Crippen LogP contribution in [0.1, 0.15) is 12.8 Å². The number of rotatable bonds is 2. The normalized spacial score (nSPS) is 33.8. The van der Waals surface area contributed by atoms with Crippen molar-refractivity contribution in [3.05, 3.63) is 25.4 Å². The Morgan fingerprint density at radius 1 is 0.680 bits per heavy atom. The lowest BCUT2D eigenvalue weighted by molar-refractivity contribution is 0.0613. The van der Waals surface area contributed by atoms with E-state index >= 15 is 0 Å². The van der Waals surface area contributed by atoms with E-state index in [0.717, 1.165) is 12.8 Å². The number of aliphatic hydroxyl groups excluding tert-OH is 2. The van der Waals surface area contributed by atoms with Crippen molar-refractivity contribution in [1.82, 2.24) is 0 Å². The molecule has 2 N–H and O–H groups in total. The largest absolute Gasteiger partial charge is 0.396 e. The zero-order valence-electron chi connectivity index (χ0n) is 13.1. The third-order valence-corrected chi connectivity index (χ3v) is 17.2. The molecule has 1 fully saturated rings. The first-order valence-electron chi connectivity index (χ1n) is 7.94. The van der Waals surface area contributed by atoms with E-state index in [1.165, 1.54) is 36.9 Å². The van der Waals surface area contributed by atoms with Gasteiger partial charge in [-0.15, -0.1) is 47.0 Å². The molecule has 0 spiro atoms. The molecule has 2 nitrogen and oxygen atoms in total. The second kappa shape index (κ2) is 7.65. The molecule has 0 saturated heterocycles. The van der Waals surface area contributed by atoms with Crippen molar-refractivity contribution in [2.45, 2.75) is 23.3 Å². The predicted molar refractivity (Wildman–Crippen MR) is 125 cm³/mol. The van der Waals surface area contributed by atoms with Gasteiger partial charge in [-0.25, -0.2) is 0 Å². The van der Waals surface area contributed by atoms with Crippen LogP contribution in [0.2, 0.25) is 0 Å². The van der Waals surface area contributed by atoms with E-state index in [0.29, 0.717) is 10.5 Å². The molecule has 0 radical (unpaired) electrons. The van der Waals surface area contributed by atoms with Gasteiger partial charge >= 0.3 is 0 Å². The molecule has 0 aromatic carbocycles. The van der Waals surface area contributed by atoms with Gasteiger partial charge in [-0.1, -0.05) is 47.0 Å². The van der Waals surface area contributed by atoms with Crippen LogP contribution >= 0.6 is 94.1 Å². The van der Waals surface area contributed by atoms with Gasteiger partial charge in [0.15, 0.2) is 0 Å². The number of hydrogen-bond acceptors (Lipinski definition) is 10. The lowest BCUT2D eigenvalue weighted by atomic mass is 9.88. The molecule has 0 bridgehead atoms. The zero-order valence-corrected chi connectivity index (χ0v) is 19.6. The first-order valence-corrected chi connectivity index (χ1v) is 14.9. The molecule has 4 aliphatic heterocycles. The average molecular weight is 485 g/mol. The molecule has 0 aromatic heterocycles. The van der Waals surface area contributed by atoms with Crippen molar-refractivity contribution < 1.29 is 10.2 Å². The molecule has 0 unspecified atom stereocenters. The summed E-state index contributed by atoms with van der Waals surface area (Å²) in [5.74, 6) is 2.47. The standard InChI is InChI=1S/C15H16O2S8/c16-5-15(6-17)3-7-8(4-15)21-12-11(20-7)24-14(25-12)13-22-9-10(23-13)19-2-1-18-9/h7-8,16-17H,1-6H2/t7-,8+. The van der Waals surface area contributed by atoms with Gasteiger partial charge in [-0.3, -0.25) is 0 Å². The molecular formula is C15H16O2S8. The zero-order chi connectivity index (χ0) is 17.0. The molecule has 1 saturated carbocycles. The van der Waals surface area contributed by atoms with Crippen molar-refractivity contribution in [3.8, 4) is 0 Å². The summed E-state index contributed by atoms with van der Waals surface area (Å²) in [6, 6.07) is 0. The monoisotopic (exact) mass is 484 g/mol. The van der Waals surface area contributed by atoms with E-state index in [-0.39, 0.29) is 18.6 Å². The second-order valence-corrected chi connectivity index (χ2v) is 16.7. The summed E-state index contributed by atoms with van der Waals surface area (Å²) in [6.07, 6.45) is 1.87. The summed E-state index contributed by atoms with van der Waals surface area (Å²) >= 11 is 15.9. The molecule has 5 aliphatic rings. The molecule has 1 aliphatic carbocycles. The molecule has 25 heavy (non-hydrogen) atoms. The van der Waals surface area contributed by atoms with Gasteiger partial charge in [-0.2, -0.15) is 0 Å². The van der Waals surface area contributed by atoms with Crippen molar-refractivity contribution in [3.63, 3.8) is 0 Å². The van der Waals surface area contributed by atoms with Crippen LogP contribution in [0.25, 0.3) is 0 Å². The van der Waals surface area contributed by atoms with Gasteiger partial charge in [0.25, 0.3) is 0 Å². The van der Waals surface area contributed by atoms with Crippen LogP contribution in [-0.2, 0) is 0 Å². The van der Waals surface area contributed by atoms with Gasteiger partial charge in [-0.05, 0) is 12.8 Å². The second-order valence-electron chi connectivity index (χ2n) is 6.37. The molecule has 2 atom stereocenters. The first kappa shape index (κ1) is 18.9. The highest BCUT2D eigenvalue weighted by atomic mass is 32.3. The van der Waals surface area contributed by atoms with Crippen LogP contribution in [0, 0.1) is 5.41 Å². The summed E-state index contributed by atoms with van der Waals surface area (Å²) in [6.45, 7) is 0.218. The Labute approximate surface area is 181 Å². The molecule has 0 aromatic rings. The van der Waals surface area contributed by atoms with Crippen LogP contribution in [0.4, 0.5) is 0 Å². The summed E-state index contributed by atoms with van der Waals surface area (Å²) in [5.41, 5.74) is -0.264. The Balaban J connectivity index is 1.29. The summed E-state index contributed by atoms with van der Waals surface area (Å²) in [5, 5.41) is 20.5. The maximum Gasteiger partial charge on any atom is 0.0717 e. The van der Waals surface area contributed by atoms with E-state index in [9.17, 15) is 10.2 Å². The lowest BCUT2D eigenvalue weighted by Gasteiger charge is -2.23. The van der Waals surface area contributed by atoms with Crippen LogP contribution in [-0.4, -0.2) is 45.4 Å². The van der Waals surface area contributed by atoms with Gasteiger partial charge in [0.2, 0.25) is 0 Å². The maximum atomic E-state index is 9.73. The summed E-state index contributed by atoms with van der Waals surface area (Å²) in [7, 11) is 0. The highest BCUT2D eigenvalue weighted by Gasteiger charge is 2.49. The number of hydrogen-bond donors (Lipinski definition) is 2. The predicted octanol–water partition coefficient (Wildman–Crippen LogP) is 5.79. The van der Waals surface area contributed by atoms with Gasteiger partial charge in [0, 0.05) is 27.4 Å². The van der Waals surface area contributed by atoms with Crippen LogP contribution in [0.15, 0.2) is 25.4 Å². The van der Waals surface area contributed by atoms with Gasteiger partial charge in [0.1, 0.15) is 0 Å². The fourth-order valence-corrected chi connectivity index (χ4v) is 16.7. The number of aliphatic hydroxyl groups is 2. The van der Waals surface area contributed by atoms with Crippen LogP contribution in [0.5, 0.6) is 0 Å². The number of thioether (sulfide) groups is 8. The highest BCUT2D eigenvalue weighted by Crippen LogP contribution is 2.70. The Hall–Kier alpha value is 1.94. The maximum absolute atomic E-state index is 9.73.